The largest absolute Gasteiger partial charge is 0.497 e. The van der Waals surface area contributed by atoms with Crippen LogP contribution in [0.2, 0.25) is 0 Å². The highest BCUT2D eigenvalue weighted by molar-refractivity contribution is 6.19. The number of hydrogen-bond acceptors (Lipinski definition) is 3. The molecule has 0 aliphatic carbocycles. The second-order valence-corrected chi connectivity index (χ2v) is 5.15. The van der Waals surface area contributed by atoms with Gasteiger partial charge in [-0.1, -0.05) is 0 Å². The van der Waals surface area contributed by atoms with E-state index in [1.54, 1.807) is 28.1 Å². The molecule has 1 N–H and O–H groups in total. The molecule has 106 valence electrons. The van der Waals surface area contributed by atoms with Gasteiger partial charge in [-0.15, -0.1) is 11.6 Å². The van der Waals surface area contributed by atoms with Gasteiger partial charge in [0.05, 0.1) is 19.6 Å². The van der Waals surface area contributed by atoms with Crippen LogP contribution in [-0.4, -0.2) is 26.0 Å². The summed E-state index contributed by atoms with van der Waals surface area (Å²) in [7, 11) is 3.19. The molecule has 0 heterocycles. The van der Waals surface area contributed by atoms with Crippen LogP contribution >= 0.6 is 11.6 Å². The summed E-state index contributed by atoms with van der Waals surface area (Å²) in [5.74, 6) is 1.62. The zero-order valence-corrected chi connectivity index (χ0v) is 12.5. The second kappa shape index (κ2) is 6.66. The molecule has 0 radical (unpaired) electrons. The number of carbonyl (C=O) groups excluding carboxylic acids is 1. The van der Waals surface area contributed by atoms with Crippen LogP contribution in [0.3, 0.4) is 0 Å². The Kier molecular flexibility index (Phi) is 5.48. The third-order valence-electron chi connectivity index (χ3n) is 2.88. The Bertz CT molecular complexity index is 446. The first-order chi connectivity index (χ1) is 8.94. The fourth-order valence-electron chi connectivity index (χ4n) is 1.50. The zero-order chi connectivity index (χ0) is 14.5. The number of rotatable bonds is 6. The van der Waals surface area contributed by atoms with Crippen molar-refractivity contribution in [2.75, 3.05) is 20.1 Å². The molecular weight excluding hydrogens is 266 g/mol. The van der Waals surface area contributed by atoms with Gasteiger partial charge in [0.15, 0.2) is 0 Å². The molecule has 0 aliphatic rings. The van der Waals surface area contributed by atoms with E-state index in [2.05, 4.69) is 5.32 Å². The van der Waals surface area contributed by atoms with Crippen LogP contribution in [-0.2, 0) is 11.3 Å². The molecule has 0 unspecified atom stereocenters. The van der Waals surface area contributed by atoms with E-state index >= 15 is 0 Å². The Morgan fingerprint density at radius 3 is 2.53 bits per heavy atom. The van der Waals surface area contributed by atoms with Crippen molar-refractivity contribution in [3.63, 3.8) is 0 Å². The number of nitrogens with one attached hydrogen (secondary N) is 1. The van der Waals surface area contributed by atoms with Crippen molar-refractivity contribution in [1.29, 1.82) is 0 Å². The predicted octanol–water partition coefficient (Wildman–Crippen LogP) is 2.59. The molecule has 0 bridgehead atoms. The van der Waals surface area contributed by atoms with Gasteiger partial charge in [-0.3, -0.25) is 4.79 Å². The highest BCUT2D eigenvalue weighted by Gasteiger charge is 2.26. The predicted molar refractivity (Wildman–Crippen MR) is 75.9 cm³/mol. The van der Waals surface area contributed by atoms with Crippen LogP contribution in [0.1, 0.15) is 19.4 Å². The van der Waals surface area contributed by atoms with Crippen molar-refractivity contribution in [3.8, 4) is 11.5 Å². The molecule has 5 heteroatoms. The highest BCUT2D eigenvalue weighted by atomic mass is 35.5. The normalized spacial score (nSPS) is 11.0. The van der Waals surface area contributed by atoms with E-state index < -0.39 is 5.41 Å². The van der Waals surface area contributed by atoms with Crippen molar-refractivity contribution >= 4 is 17.5 Å². The quantitative estimate of drug-likeness (QED) is 0.817. The topological polar surface area (TPSA) is 47.6 Å². The summed E-state index contributed by atoms with van der Waals surface area (Å²) >= 11 is 5.77. The van der Waals surface area contributed by atoms with Crippen molar-refractivity contribution in [2.45, 2.75) is 20.4 Å². The number of carbonyl (C=O) groups is 1. The van der Waals surface area contributed by atoms with Gasteiger partial charge in [0.25, 0.3) is 0 Å². The molecule has 1 rings (SSSR count). The molecule has 19 heavy (non-hydrogen) atoms. The minimum absolute atomic E-state index is 0.0904. The van der Waals surface area contributed by atoms with Gasteiger partial charge in [-0.25, -0.2) is 0 Å². The van der Waals surface area contributed by atoms with E-state index in [0.717, 1.165) is 11.3 Å². The SMILES string of the molecule is COc1ccc(OC)c(CNC(=O)C(C)(C)CCl)c1. The molecule has 0 atom stereocenters. The summed E-state index contributed by atoms with van der Waals surface area (Å²) in [5, 5.41) is 2.86. The summed E-state index contributed by atoms with van der Waals surface area (Å²) in [6.07, 6.45) is 0. The van der Waals surface area contributed by atoms with Crippen LogP contribution in [0.25, 0.3) is 0 Å². The number of benzene rings is 1. The van der Waals surface area contributed by atoms with Gasteiger partial charge < -0.3 is 14.8 Å². The maximum Gasteiger partial charge on any atom is 0.227 e. The highest BCUT2D eigenvalue weighted by Crippen LogP contribution is 2.24. The zero-order valence-electron chi connectivity index (χ0n) is 11.7. The Hall–Kier alpha value is -1.42. The second-order valence-electron chi connectivity index (χ2n) is 4.88. The lowest BCUT2D eigenvalue weighted by molar-refractivity contribution is -0.128. The van der Waals surface area contributed by atoms with Gasteiger partial charge in [-0.05, 0) is 32.0 Å². The van der Waals surface area contributed by atoms with E-state index in [1.807, 2.05) is 18.2 Å². The van der Waals surface area contributed by atoms with Crippen LogP contribution < -0.4 is 14.8 Å². The van der Waals surface area contributed by atoms with Crippen molar-refractivity contribution in [1.82, 2.24) is 5.32 Å². The molecule has 0 spiro atoms. The number of ether oxygens (including phenoxy) is 2. The Labute approximate surface area is 119 Å². The first-order valence-electron chi connectivity index (χ1n) is 5.99. The van der Waals surface area contributed by atoms with E-state index in [1.165, 1.54) is 0 Å². The van der Waals surface area contributed by atoms with Gasteiger partial charge in [-0.2, -0.15) is 0 Å². The lowest BCUT2D eigenvalue weighted by Gasteiger charge is -2.21. The molecule has 1 aromatic carbocycles. The van der Waals surface area contributed by atoms with Gasteiger partial charge in [0.1, 0.15) is 11.5 Å². The van der Waals surface area contributed by atoms with Gasteiger partial charge in [0, 0.05) is 18.0 Å². The maximum atomic E-state index is 12.0. The summed E-state index contributed by atoms with van der Waals surface area (Å²) < 4.78 is 10.4. The molecule has 1 aromatic rings. The maximum absolute atomic E-state index is 12.0. The fourth-order valence-corrected chi connectivity index (χ4v) is 1.62. The molecular formula is C14H20ClNO3. The number of hydrogen-bond donors (Lipinski definition) is 1. The standard InChI is InChI=1S/C14H20ClNO3/c1-14(2,9-15)13(17)16-8-10-7-11(18-3)5-6-12(10)19-4/h5-7H,8-9H2,1-4H3,(H,16,17). The molecule has 0 aliphatic heterocycles. The Morgan fingerprint density at radius 1 is 1.32 bits per heavy atom. The van der Waals surface area contributed by atoms with Gasteiger partial charge in [0.2, 0.25) is 5.91 Å². The van der Waals surface area contributed by atoms with Crippen LogP contribution in [0.4, 0.5) is 0 Å². The van der Waals surface area contributed by atoms with Gasteiger partial charge >= 0.3 is 0 Å². The minimum atomic E-state index is -0.590. The summed E-state index contributed by atoms with van der Waals surface area (Å²) in [5.41, 5.74) is 0.272. The third kappa shape index (κ3) is 4.03. The molecule has 4 nitrogen and oxygen atoms in total. The minimum Gasteiger partial charge on any atom is -0.497 e. The number of methoxy groups -OCH3 is 2. The summed E-state index contributed by atoms with van der Waals surface area (Å²) in [6.45, 7) is 3.98. The first-order valence-corrected chi connectivity index (χ1v) is 6.53. The number of amides is 1. The summed E-state index contributed by atoms with van der Waals surface area (Å²) in [4.78, 5) is 12.0. The fraction of sp³-hybridized carbons (Fsp3) is 0.500. The smallest absolute Gasteiger partial charge is 0.227 e. The average Bonchev–Trinajstić information content (AvgIpc) is 2.44. The van der Waals surface area contributed by atoms with Crippen LogP contribution in [0.5, 0.6) is 11.5 Å². The number of halogens is 1. The molecule has 1 amide bonds. The van der Waals surface area contributed by atoms with Crippen molar-refractivity contribution < 1.29 is 14.3 Å². The van der Waals surface area contributed by atoms with Crippen molar-refractivity contribution in [2.24, 2.45) is 5.41 Å². The van der Waals surface area contributed by atoms with Crippen LogP contribution in [0, 0.1) is 5.41 Å². The van der Waals surface area contributed by atoms with E-state index in [9.17, 15) is 4.79 Å². The van der Waals surface area contributed by atoms with E-state index in [0.29, 0.717) is 12.3 Å². The average molecular weight is 286 g/mol. The Morgan fingerprint density at radius 2 is 2.00 bits per heavy atom. The first kappa shape index (κ1) is 15.6. The van der Waals surface area contributed by atoms with E-state index in [4.69, 9.17) is 21.1 Å². The summed E-state index contributed by atoms with van der Waals surface area (Å²) in [6, 6.07) is 5.46. The van der Waals surface area contributed by atoms with Crippen molar-refractivity contribution in [3.05, 3.63) is 23.8 Å². The molecule has 0 saturated heterocycles. The lowest BCUT2D eigenvalue weighted by atomic mass is 9.95. The number of alkyl halides is 1. The molecule has 0 fully saturated rings. The third-order valence-corrected chi connectivity index (χ3v) is 3.54. The Balaban J connectivity index is 2.79. The lowest BCUT2D eigenvalue weighted by Crippen LogP contribution is -2.37. The monoisotopic (exact) mass is 285 g/mol. The van der Waals surface area contributed by atoms with Crippen LogP contribution in [0.15, 0.2) is 18.2 Å². The molecule has 0 aromatic heterocycles. The van der Waals surface area contributed by atoms with E-state index in [-0.39, 0.29) is 11.8 Å². The molecule has 0 saturated carbocycles.